The Morgan fingerprint density at radius 3 is 2.64 bits per heavy atom. The summed E-state index contributed by atoms with van der Waals surface area (Å²) in [6.45, 7) is 0. The van der Waals surface area contributed by atoms with Crippen molar-refractivity contribution in [3.8, 4) is 5.95 Å². The summed E-state index contributed by atoms with van der Waals surface area (Å²) in [4.78, 5) is 7.38. The van der Waals surface area contributed by atoms with Crippen LogP contribution >= 0.6 is 11.6 Å². The van der Waals surface area contributed by atoms with Crippen molar-refractivity contribution in [3.63, 3.8) is 0 Å². The van der Waals surface area contributed by atoms with Gasteiger partial charge in [-0.25, -0.2) is 18.1 Å². The number of aromatic nitrogens is 4. The molecule has 0 aliphatic rings. The average Bonchev–Trinajstić information content (AvgIpc) is 3.23. The van der Waals surface area contributed by atoms with Gasteiger partial charge in [0, 0.05) is 18.1 Å². The molecule has 0 saturated heterocycles. The second-order valence-corrected chi connectivity index (χ2v) is 7.34. The predicted molar refractivity (Wildman–Crippen MR) is 95.5 cm³/mol. The SMILES string of the molecule is O=S(=O)(Nc1ccccc1)c1cc2[nH]c(-n3cccn3)nc2cc1Cl. The Balaban J connectivity index is 1.78. The average molecular weight is 374 g/mol. The smallest absolute Gasteiger partial charge is 0.263 e. The Morgan fingerprint density at radius 2 is 1.92 bits per heavy atom. The third-order valence-corrected chi connectivity index (χ3v) is 5.41. The van der Waals surface area contributed by atoms with E-state index in [-0.39, 0.29) is 9.92 Å². The number of nitrogens with zero attached hydrogens (tertiary/aromatic N) is 3. The first-order valence-electron chi connectivity index (χ1n) is 7.30. The molecular weight excluding hydrogens is 362 g/mol. The number of hydrogen-bond acceptors (Lipinski definition) is 4. The fourth-order valence-corrected chi connectivity index (χ4v) is 4.03. The number of nitrogens with one attached hydrogen (secondary N) is 2. The summed E-state index contributed by atoms with van der Waals surface area (Å²) in [7, 11) is -3.83. The van der Waals surface area contributed by atoms with Crippen molar-refractivity contribution >= 4 is 38.3 Å². The highest BCUT2D eigenvalue weighted by atomic mass is 35.5. The second-order valence-electron chi connectivity index (χ2n) is 5.28. The molecule has 0 aliphatic heterocycles. The lowest BCUT2D eigenvalue weighted by Crippen LogP contribution is -2.13. The van der Waals surface area contributed by atoms with Crippen LogP contribution in [0.1, 0.15) is 0 Å². The monoisotopic (exact) mass is 373 g/mol. The minimum Gasteiger partial charge on any atom is -0.322 e. The van der Waals surface area contributed by atoms with E-state index in [2.05, 4.69) is 19.8 Å². The summed E-state index contributed by atoms with van der Waals surface area (Å²) in [5, 5.41) is 4.18. The van der Waals surface area contributed by atoms with E-state index in [1.807, 2.05) is 0 Å². The van der Waals surface area contributed by atoms with Gasteiger partial charge < -0.3 is 4.98 Å². The van der Waals surface area contributed by atoms with E-state index in [4.69, 9.17) is 11.6 Å². The summed E-state index contributed by atoms with van der Waals surface area (Å²) < 4.78 is 29.4. The van der Waals surface area contributed by atoms with Crippen molar-refractivity contribution in [1.82, 2.24) is 19.7 Å². The minimum absolute atomic E-state index is 0.0267. The molecule has 9 heteroatoms. The van der Waals surface area contributed by atoms with Gasteiger partial charge in [-0.15, -0.1) is 0 Å². The molecule has 7 nitrogen and oxygen atoms in total. The first-order chi connectivity index (χ1) is 12.0. The van der Waals surface area contributed by atoms with Gasteiger partial charge in [-0.2, -0.15) is 5.10 Å². The van der Waals surface area contributed by atoms with Crippen molar-refractivity contribution < 1.29 is 8.42 Å². The Hall–Kier alpha value is -2.84. The van der Waals surface area contributed by atoms with E-state index in [9.17, 15) is 8.42 Å². The molecule has 2 aromatic heterocycles. The summed E-state index contributed by atoms with van der Waals surface area (Å²) in [6, 6.07) is 13.4. The van der Waals surface area contributed by atoms with Crippen molar-refractivity contribution in [2.45, 2.75) is 4.90 Å². The van der Waals surface area contributed by atoms with Crippen molar-refractivity contribution in [3.05, 3.63) is 65.9 Å². The number of hydrogen-bond donors (Lipinski definition) is 2. The molecule has 4 aromatic rings. The minimum atomic E-state index is -3.83. The molecule has 0 saturated carbocycles. The molecule has 0 atom stereocenters. The van der Waals surface area contributed by atoms with Crippen LogP contribution in [-0.2, 0) is 10.0 Å². The second kappa shape index (κ2) is 5.91. The fraction of sp³-hybridized carbons (Fsp3) is 0. The molecular formula is C16H12ClN5O2S. The number of anilines is 1. The van der Waals surface area contributed by atoms with E-state index >= 15 is 0 Å². The van der Waals surface area contributed by atoms with Gasteiger partial charge in [-0.1, -0.05) is 29.8 Å². The van der Waals surface area contributed by atoms with Crippen LogP contribution in [0.3, 0.4) is 0 Å². The zero-order chi connectivity index (χ0) is 17.4. The predicted octanol–water partition coefficient (Wildman–Crippen LogP) is 3.20. The topological polar surface area (TPSA) is 92.7 Å². The van der Waals surface area contributed by atoms with E-state index in [1.165, 1.54) is 12.1 Å². The van der Waals surface area contributed by atoms with E-state index < -0.39 is 10.0 Å². The number of benzene rings is 2. The van der Waals surface area contributed by atoms with Crippen molar-refractivity contribution in [1.29, 1.82) is 0 Å². The number of rotatable bonds is 4. The Kier molecular flexibility index (Phi) is 3.70. The number of halogens is 1. The Labute approximate surface area is 148 Å². The molecule has 0 aliphatic carbocycles. The molecule has 126 valence electrons. The first-order valence-corrected chi connectivity index (χ1v) is 9.16. The van der Waals surface area contributed by atoms with Gasteiger partial charge in [0.1, 0.15) is 4.90 Å². The van der Waals surface area contributed by atoms with Gasteiger partial charge in [-0.05, 0) is 30.3 Å². The fourth-order valence-electron chi connectivity index (χ4n) is 2.42. The summed E-state index contributed by atoms with van der Waals surface area (Å²) >= 11 is 6.19. The third kappa shape index (κ3) is 2.97. The molecule has 4 rings (SSSR count). The van der Waals surface area contributed by atoms with Crippen LogP contribution in [0.15, 0.2) is 65.8 Å². The van der Waals surface area contributed by atoms with E-state index in [0.29, 0.717) is 22.7 Å². The van der Waals surface area contributed by atoms with Crippen LogP contribution in [0.4, 0.5) is 5.69 Å². The number of imidazole rings is 1. The van der Waals surface area contributed by atoms with Crippen LogP contribution in [0.2, 0.25) is 5.02 Å². The van der Waals surface area contributed by atoms with Gasteiger partial charge in [0.25, 0.3) is 10.0 Å². The summed E-state index contributed by atoms with van der Waals surface area (Å²) in [6.07, 6.45) is 3.35. The maximum atomic E-state index is 12.7. The highest BCUT2D eigenvalue weighted by Gasteiger charge is 2.20. The maximum Gasteiger partial charge on any atom is 0.263 e. The number of sulfonamides is 1. The standard InChI is InChI=1S/C16H12ClN5O2S/c17-12-9-13-14(20-16(19-13)22-8-4-7-18-22)10-15(12)25(23,24)21-11-5-2-1-3-6-11/h1-10,21H,(H,19,20). The molecule has 25 heavy (non-hydrogen) atoms. The molecule has 0 amide bonds. The van der Waals surface area contributed by atoms with Gasteiger partial charge in [0.15, 0.2) is 0 Å². The molecule has 0 spiro atoms. The Morgan fingerprint density at radius 1 is 1.12 bits per heavy atom. The van der Waals surface area contributed by atoms with E-state index in [0.717, 1.165) is 0 Å². The first kappa shape index (κ1) is 15.7. The number of para-hydroxylation sites is 1. The number of H-pyrrole nitrogens is 1. The summed E-state index contributed by atoms with van der Waals surface area (Å²) in [5.74, 6) is 0.474. The molecule has 0 radical (unpaired) electrons. The molecule has 2 N–H and O–H groups in total. The molecule has 2 aromatic carbocycles. The van der Waals surface area contributed by atoms with Crippen LogP contribution in [0.25, 0.3) is 17.0 Å². The van der Waals surface area contributed by atoms with Gasteiger partial charge >= 0.3 is 0 Å². The van der Waals surface area contributed by atoms with Gasteiger partial charge in [-0.3, -0.25) is 4.72 Å². The lowest BCUT2D eigenvalue weighted by atomic mass is 10.3. The highest BCUT2D eigenvalue weighted by molar-refractivity contribution is 7.92. The number of fused-ring (bicyclic) bond motifs is 1. The summed E-state index contributed by atoms with van der Waals surface area (Å²) in [5.41, 5.74) is 1.55. The largest absolute Gasteiger partial charge is 0.322 e. The zero-order valence-electron chi connectivity index (χ0n) is 12.7. The lowest BCUT2D eigenvalue weighted by molar-refractivity contribution is 0.601. The van der Waals surface area contributed by atoms with Crippen LogP contribution < -0.4 is 4.72 Å². The maximum absolute atomic E-state index is 12.7. The highest BCUT2D eigenvalue weighted by Crippen LogP contribution is 2.28. The number of aromatic amines is 1. The molecule has 2 heterocycles. The van der Waals surface area contributed by atoms with Gasteiger partial charge in [0.05, 0.1) is 16.1 Å². The van der Waals surface area contributed by atoms with Crippen LogP contribution in [0.5, 0.6) is 0 Å². The lowest BCUT2D eigenvalue weighted by Gasteiger charge is -2.09. The van der Waals surface area contributed by atoms with Crippen LogP contribution in [-0.4, -0.2) is 28.2 Å². The normalized spacial score (nSPS) is 11.7. The van der Waals surface area contributed by atoms with Crippen LogP contribution in [0, 0.1) is 0 Å². The molecule has 0 fully saturated rings. The Bertz CT molecular complexity index is 1140. The zero-order valence-corrected chi connectivity index (χ0v) is 14.3. The van der Waals surface area contributed by atoms with Crippen molar-refractivity contribution in [2.75, 3.05) is 4.72 Å². The molecule has 0 unspecified atom stereocenters. The van der Waals surface area contributed by atoms with Crippen molar-refractivity contribution in [2.24, 2.45) is 0 Å². The van der Waals surface area contributed by atoms with E-state index in [1.54, 1.807) is 53.5 Å². The molecule has 0 bridgehead atoms. The van der Waals surface area contributed by atoms with Gasteiger partial charge in [0.2, 0.25) is 5.95 Å². The quantitative estimate of drug-likeness (QED) is 0.574. The third-order valence-electron chi connectivity index (χ3n) is 3.56.